The molecule has 1 saturated heterocycles. The average Bonchev–Trinajstić information content (AvgIpc) is 2.99. The zero-order valence-electron chi connectivity index (χ0n) is 16.7. The number of hydrogen-bond donors (Lipinski definition) is 2. The number of carboxylic acids is 1. The second-order valence-corrected chi connectivity index (χ2v) is 8.11. The summed E-state index contributed by atoms with van der Waals surface area (Å²) < 4.78 is 5.34. The van der Waals surface area contributed by atoms with Crippen LogP contribution in [0.15, 0.2) is 0 Å². The van der Waals surface area contributed by atoms with Crippen LogP contribution in [0, 0.1) is 5.92 Å². The summed E-state index contributed by atoms with van der Waals surface area (Å²) in [5.74, 6) is -2.37. The van der Waals surface area contributed by atoms with E-state index in [-0.39, 0.29) is 5.92 Å². The van der Waals surface area contributed by atoms with E-state index in [4.69, 9.17) is 4.74 Å². The number of hydrogen-bond acceptors (Lipinski definition) is 6. The molecule has 1 heterocycles. The number of ether oxygens (including phenoxy) is 1. The van der Waals surface area contributed by atoms with Gasteiger partial charge in [0, 0.05) is 6.54 Å². The van der Waals surface area contributed by atoms with Crippen molar-refractivity contribution in [3.8, 4) is 0 Å². The molecule has 0 radical (unpaired) electrons. The van der Waals surface area contributed by atoms with Crippen LogP contribution in [0.4, 0.5) is 4.79 Å². The van der Waals surface area contributed by atoms with Crippen LogP contribution in [0.2, 0.25) is 0 Å². The number of carbonyl (C=O) groups is 4. The summed E-state index contributed by atoms with van der Waals surface area (Å²) in [4.78, 5) is 49.1. The summed E-state index contributed by atoms with van der Waals surface area (Å²) in [6, 6.07) is -1.61. The highest BCUT2D eigenvalue weighted by Gasteiger charge is 2.38. The third kappa shape index (κ3) is 7.84. The molecule has 9 nitrogen and oxygen atoms in total. The molecule has 0 bridgehead atoms. The van der Waals surface area contributed by atoms with Crippen LogP contribution in [-0.4, -0.2) is 59.6 Å². The van der Waals surface area contributed by atoms with Crippen molar-refractivity contribution in [1.82, 2.24) is 15.5 Å². The Bertz CT molecular complexity index is 570. The molecule has 0 aromatic rings. The van der Waals surface area contributed by atoms with Crippen molar-refractivity contribution in [2.45, 2.75) is 71.6 Å². The molecule has 0 spiro atoms. The van der Waals surface area contributed by atoms with Crippen LogP contribution in [0.1, 0.15) is 53.9 Å². The lowest BCUT2D eigenvalue weighted by Crippen LogP contribution is -2.54. The first kappa shape index (κ1) is 22.7. The number of carbonyl (C=O) groups excluding carboxylic acids is 4. The first-order valence-electron chi connectivity index (χ1n) is 9.18. The van der Waals surface area contributed by atoms with Crippen LogP contribution in [-0.2, 0) is 19.1 Å². The fraction of sp³-hybridized carbons (Fsp3) is 0.778. The predicted octanol–water partition coefficient (Wildman–Crippen LogP) is -0.217. The standard InChI is InChI=1S/C18H31N3O6/c1-11(2)9-12(15(24)19-10-14(22)23)20-16(25)13-7-6-8-21(13)17(26)27-18(3,4)5/h11-13H,6-10H2,1-5H3,(H,19,24)(H,20,25)(H,22,23)/p-1/t12-,13+/m1/s1. The summed E-state index contributed by atoms with van der Waals surface area (Å²) in [6.45, 7) is 8.78. The summed E-state index contributed by atoms with van der Waals surface area (Å²) in [7, 11) is 0. The molecule has 154 valence electrons. The van der Waals surface area contributed by atoms with Crippen molar-refractivity contribution in [1.29, 1.82) is 0 Å². The number of carboxylic acid groups (broad SMARTS) is 1. The fourth-order valence-electron chi connectivity index (χ4n) is 2.83. The monoisotopic (exact) mass is 384 g/mol. The lowest BCUT2D eigenvalue weighted by Gasteiger charge is -2.29. The molecule has 1 rings (SSSR count). The van der Waals surface area contributed by atoms with Gasteiger partial charge in [-0.3, -0.25) is 14.5 Å². The summed E-state index contributed by atoms with van der Waals surface area (Å²) >= 11 is 0. The summed E-state index contributed by atoms with van der Waals surface area (Å²) in [6.07, 6.45) is 0.898. The molecule has 3 amide bonds. The predicted molar refractivity (Wildman–Crippen MR) is 95.4 cm³/mol. The van der Waals surface area contributed by atoms with E-state index in [2.05, 4.69) is 10.6 Å². The zero-order valence-corrected chi connectivity index (χ0v) is 16.7. The Kier molecular flexibility index (Phi) is 8.05. The SMILES string of the molecule is CC(C)C[C@@H](NC(=O)[C@@H]1CCCN1C(=O)OC(C)(C)C)C(=O)NCC(=O)[O-]. The van der Waals surface area contributed by atoms with E-state index >= 15 is 0 Å². The van der Waals surface area contributed by atoms with E-state index in [0.29, 0.717) is 25.8 Å². The van der Waals surface area contributed by atoms with E-state index < -0.39 is 48.1 Å². The minimum absolute atomic E-state index is 0.0922. The van der Waals surface area contributed by atoms with E-state index in [1.807, 2.05) is 13.8 Å². The van der Waals surface area contributed by atoms with Crippen molar-refractivity contribution < 1.29 is 29.0 Å². The number of nitrogens with zero attached hydrogens (tertiary/aromatic N) is 1. The smallest absolute Gasteiger partial charge is 0.410 e. The van der Waals surface area contributed by atoms with Gasteiger partial charge in [0.25, 0.3) is 0 Å². The summed E-state index contributed by atoms with van der Waals surface area (Å²) in [5.41, 5.74) is -0.675. The topological polar surface area (TPSA) is 128 Å². The van der Waals surface area contributed by atoms with Gasteiger partial charge in [-0.1, -0.05) is 13.8 Å². The molecule has 1 fully saturated rings. The number of rotatable bonds is 7. The van der Waals surface area contributed by atoms with E-state index in [0.717, 1.165) is 0 Å². The Hall–Kier alpha value is -2.32. The van der Waals surface area contributed by atoms with Crippen LogP contribution in [0.5, 0.6) is 0 Å². The van der Waals surface area contributed by atoms with Gasteiger partial charge in [0.1, 0.15) is 17.7 Å². The maximum absolute atomic E-state index is 12.7. The summed E-state index contributed by atoms with van der Waals surface area (Å²) in [5, 5.41) is 15.4. The minimum atomic E-state index is -1.41. The van der Waals surface area contributed by atoms with Crippen molar-refractivity contribution in [3.63, 3.8) is 0 Å². The van der Waals surface area contributed by atoms with Gasteiger partial charge in [-0.25, -0.2) is 4.79 Å². The highest BCUT2D eigenvalue weighted by Crippen LogP contribution is 2.21. The Morgan fingerprint density at radius 1 is 1.22 bits per heavy atom. The number of aliphatic carboxylic acids is 1. The molecule has 9 heteroatoms. The molecule has 1 aliphatic heterocycles. The Morgan fingerprint density at radius 2 is 1.85 bits per heavy atom. The Labute approximate surface area is 159 Å². The number of likely N-dealkylation sites (tertiary alicyclic amines) is 1. The largest absolute Gasteiger partial charge is 0.548 e. The second-order valence-electron chi connectivity index (χ2n) is 8.11. The molecule has 2 N–H and O–H groups in total. The highest BCUT2D eigenvalue weighted by atomic mass is 16.6. The van der Waals surface area contributed by atoms with Gasteiger partial charge < -0.3 is 25.3 Å². The van der Waals surface area contributed by atoms with Crippen molar-refractivity contribution >= 4 is 23.9 Å². The molecule has 0 unspecified atom stereocenters. The molecular formula is C18H30N3O6-. The minimum Gasteiger partial charge on any atom is -0.548 e. The van der Waals surface area contributed by atoms with Gasteiger partial charge >= 0.3 is 6.09 Å². The van der Waals surface area contributed by atoms with Crippen molar-refractivity contribution in [3.05, 3.63) is 0 Å². The number of amides is 3. The first-order chi connectivity index (χ1) is 12.4. The van der Waals surface area contributed by atoms with Gasteiger partial charge in [0.15, 0.2) is 0 Å². The van der Waals surface area contributed by atoms with Gasteiger partial charge in [-0.15, -0.1) is 0 Å². The van der Waals surface area contributed by atoms with E-state index in [9.17, 15) is 24.3 Å². The Morgan fingerprint density at radius 3 is 2.37 bits per heavy atom. The van der Waals surface area contributed by atoms with E-state index in [1.54, 1.807) is 20.8 Å². The maximum atomic E-state index is 12.7. The van der Waals surface area contributed by atoms with E-state index in [1.165, 1.54) is 4.90 Å². The lowest BCUT2D eigenvalue weighted by atomic mass is 10.0. The fourth-order valence-corrected chi connectivity index (χ4v) is 2.83. The van der Waals surface area contributed by atoms with Gasteiger partial charge in [-0.05, 0) is 46.0 Å². The maximum Gasteiger partial charge on any atom is 0.410 e. The van der Waals surface area contributed by atoms with Gasteiger partial charge in [0.05, 0.1) is 12.5 Å². The van der Waals surface area contributed by atoms with Crippen LogP contribution in [0.25, 0.3) is 0 Å². The van der Waals surface area contributed by atoms with Crippen molar-refractivity contribution in [2.24, 2.45) is 5.92 Å². The van der Waals surface area contributed by atoms with Crippen LogP contribution in [0.3, 0.4) is 0 Å². The van der Waals surface area contributed by atoms with Gasteiger partial charge in [-0.2, -0.15) is 0 Å². The number of nitrogens with one attached hydrogen (secondary N) is 2. The van der Waals surface area contributed by atoms with Gasteiger partial charge in [0.2, 0.25) is 11.8 Å². The van der Waals surface area contributed by atoms with Crippen LogP contribution < -0.4 is 15.7 Å². The molecule has 0 saturated carbocycles. The molecular weight excluding hydrogens is 354 g/mol. The quantitative estimate of drug-likeness (QED) is 0.625. The van der Waals surface area contributed by atoms with Crippen molar-refractivity contribution in [2.75, 3.05) is 13.1 Å². The molecule has 1 aliphatic rings. The third-order valence-electron chi connectivity index (χ3n) is 3.93. The normalized spacial score (nSPS) is 18.1. The molecule has 0 aromatic carbocycles. The average molecular weight is 384 g/mol. The first-order valence-corrected chi connectivity index (χ1v) is 9.18. The Balaban J connectivity index is 2.79. The second kappa shape index (κ2) is 9.57. The molecule has 0 aliphatic carbocycles. The molecule has 0 aromatic heterocycles. The lowest BCUT2D eigenvalue weighted by molar-refractivity contribution is -0.304. The molecule has 2 atom stereocenters. The zero-order chi connectivity index (χ0) is 20.8. The van der Waals surface area contributed by atoms with Crippen LogP contribution >= 0.6 is 0 Å². The highest BCUT2D eigenvalue weighted by molar-refractivity contribution is 5.92. The molecule has 27 heavy (non-hydrogen) atoms. The third-order valence-corrected chi connectivity index (χ3v) is 3.93.